The van der Waals surface area contributed by atoms with Gasteiger partial charge in [0.25, 0.3) is 5.56 Å². The zero-order chi connectivity index (χ0) is 19.6. The van der Waals surface area contributed by atoms with Gasteiger partial charge in [0.15, 0.2) is 5.78 Å². The lowest BCUT2D eigenvalue weighted by atomic mass is 10.0. The molecule has 0 spiro atoms. The zero-order valence-corrected chi connectivity index (χ0v) is 16.2. The molecule has 0 amide bonds. The Hall–Kier alpha value is -2.92. The number of benzene rings is 2. The second kappa shape index (κ2) is 7.76. The van der Waals surface area contributed by atoms with Gasteiger partial charge in [-0.1, -0.05) is 54.1 Å². The first-order valence-corrected chi connectivity index (χ1v) is 9.05. The number of para-hydroxylation sites is 1. The largest absolute Gasteiger partial charge is 0.349 e. The van der Waals surface area contributed by atoms with Gasteiger partial charge < -0.3 is 5.32 Å². The molecule has 2 aromatic carbocycles. The molecule has 3 rings (SSSR count). The molecule has 0 unspecified atom stereocenters. The number of aryl methyl sites for hydroxylation is 2. The number of anilines is 2. The Morgan fingerprint density at radius 1 is 1.11 bits per heavy atom. The summed E-state index contributed by atoms with van der Waals surface area (Å²) in [7, 11) is 0. The highest BCUT2D eigenvalue weighted by Gasteiger charge is 2.22. The molecule has 0 fully saturated rings. The van der Waals surface area contributed by atoms with E-state index in [1.807, 2.05) is 56.3 Å². The van der Waals surface area contributed by atoms with Gasteiger partial charge in [-0.05, 0) is 32.4 Å². The van der Waals surface area contributed by atoms with E-state index in [2.05, 4.69) is 10.4 Å². The number of aromatic nitrogens is 2. The highest BCUT2D eigenvalue weighted by molar-refractivity contribution is 6.33. The van der Waals surface area contributed by atoms with Crippen molar-refractivity contribution in [3.8, 4) is 11.3 Å². The summed E-state index contributed by atoms with van der Waals surface area (Å²) in [5, 5.41) is 8.03. The predicted molar refractivity (Wildman–Crippen MR) is 109 cm³/mol. The second-order valence-electron chi connectivity index (χ2n) is 6.20. The van der Waals surface area contributed by atoms with Gasteiger partial charge in [-0.3, -0.25) is 9.59 Å². The minimum absolute atomic E-state index is 0.189. The number of ketones is 1. The van der Waals surface area contributed by atoms with Crippen molar-refractivity contribution in [1.82, 2.24) is 9.78 Å². The third kappa shape index (κ3) is 3.64. The van der Waals surface area contributed by atoms with Gasteiger partial charge in [0.1, 0.15) is 11.4 Å². The van der Waals surface area contributed by atoms with Crippen LogP contribution in [0.2, 0.25) is 5.02 Å². The van der Waals surface area contributed by atoms with E-state index in [0.29, 0.717) is 22.9 Å². The van der Waals surface area contributed by atoms with Gasteiger partial charge in [-0.15, -0.1) is 0 Å². The van der Waals surface area contributed by atoms with Crippen LogP contribution in [0, 0.1) is 6.92 Å². The van der Waals surface area contributed by atoms with Gasteiger partial charge in [0, 0.05) is 12.1 Å². The van der Waals surface area contributed by atoms with E-state index in [1.165, 1.54) is 11.6 Å². The normalized spacial score (nSPS) is 10.7. The van der Waals surface area contributed by atoms with Gasteiger partial charge in [-0.25, -0.2) is 4.68 Å². The number of nitrogens with zero attached hydrogens (tertiary/aromatic N) is 2. The van der Waals surface area contributed by atoms with Crippen LogP contribution in [0.15, 0.2) is 53.3 Å². The number of halogens is 1. The Morgan fingerprint density at radius 2 is 1.81 bits per heavy atom. The van der Waals surface area contributed by atoms with Gasteiger partial charge in [-0.2, -0.15) is 5.10 Å². The smallest absolute Gasteiger partial charge is 0.291 e. The number of rotatable bonds is 5. The summed E-state index contributed by atoms with van der Waals surface area (Å²) < 4.78 is 1.35. The molecule has 1 heterocycles. The van der Waals surface area contributed by atoms with Crippen LogP contribution >= 0.6 is 11.6 Å². The van der Waals surface area contributed by atoms with E-state index in [-0.39, 0.29) is 22.6 Å². The van der Waals surface area contributed by atoms with Crippen LogP contribution in [0.3, 0.4) is 0 Å². The maximum absolute atomic E-state index is 13.0. The Labute approximate surface area is 162 Å². The first-order chi connectivity index (χ1) is 12.9. The zero-order valence-electron chi connectivity index (χ0n) is 15.4. The van der Waals surface area contributed by atoms with Crippen molar-refractivity contribution in [2.24, 2.45) is 0 Å². The van der Waals surface area contributed by atoms with Crippen LogP contribution in [0.1, 0.15) is 29.8 Å². The van der Waals surface area contributed by atoms with Crippen molar-refractivity contribution in [3.63, 3.8) is 0 Å². The van der Waals surface area contributed by atoms with Crippen LogP contribution in [0.25, 0.3) is 11.3 Å². The molecular weight excluding hydrogens is 362 g/mol. The molecule has 0 saturated carbocycles. The molecule has 0 radical (unpaired) electrons. The fraction of sp³-hybridized carbons (Fsp3) is 0.190. The van der Waals surface area contributed by atoms with Crippen LogP contribution in [0.4, 0.5) is 11.4 Å². The molecule has 1 N–H and O–H groups in total. The monoisotopic (exact) mass is 381 g/mol. The van der Waals surface area contributed by atoms with E-state index in [9.17, 15) is 9.59 Å². The van der Waals surface area contributed by atoms with E-state index < -0.39 is 0 Å². The van der Waals surface area contributed by atoms with Gasteiger partial charge in [0.05, 0.1) is 16.3 Å². The molecule has 138 valence electrons. The second-order valence-corrected chi connectivity index (χ2v) is 6.61. The number of carbonyl (C=O) groups is 1. The average Bonchev–Trinajstić information content (AvgIpc) is 2.66. The maximum atomic E-state index is 13.0. The van der Waals surface area contributed by atoms with Crippen molar-refractivity contribution in [1.29, 1.82) is 0 Å². The molecule has 0 atom stereocenters. The van der Waals surface area contributed by atoms with E-state index in [1.54, 1.807) is 6.07 Å². The van der Waals surface area contributed by atoms with Gasteiger partial charge in [0.2, 0.25) is 0 Å². The lowest BCUT2D eigenvalue weighted by molar-refractivity contribution is 0.101. The minimum atomic E-state index is -0.360. The Morgan fingerprint density at radius 3 is 2.41 bits per heavy atom. The molecule has 0 bridgehead atoms. The molecule has 6 heteroatoms. The van der Waals surface area contributed by atoms with Crippen LogP contribution in [-0.2, 0) is 6.54 Å². The first kappa shape index (κ1) is 18.9. The molecule has 0 saturated heterocycles. The summed E-state index contributed by atoms with van der Waals surface area (Å²) in [5.41, 5.74) is 2.80. The highest BCUT2D eigenvalue weighted by Crippen LogP contribution is 2.32. The first-order valence-electron chi connectivity index (χ1n) is 8.67. The molecule has 3 aromatic rings. The number of Topliss-reactive ketones (excluding diaryl/α,β-unsaturated/α-hetero) is 1. The third-order valence-electron chi connectivity index (χ3n) is 4.33. The van der Waals surface area contributed by atoms with Crippen molar-refractivity contribution in [3.05, 3.63) is 75.0 Å². The molecule has 5 nitrogen and oxygen atoms in total. The summed E-state index contributed by atoms with van der Waals surface area (Å²) >= 11 is 6.32. The van der Waals surface area contributed by atoms with Crippen LogP contribution < -0.4 is 10.9 Å². The number of carbonyl (C=O) groups excluding carboxylic acids is 1. The van der Waals surface area contributed by atoms with Crippen molar-refractivity contribution in [2.75, 3.05) is 5.32 Å². The molecule has 1 aromatic heterocycles. The van der Waals surface area contributed by atoms with E-state index >= 15 is 0 Å². The lowest BCUT2D eigenvalue weighted by Crippen LogP contribution is -2.28. The average molecular weight is 382 g/mol. The Balaban J connectivity index is 2.32. The molecule has 27 heavy (non-hydrogen) atoms. The van der Waals surface area contributed by atoms with Gasteiger partial charge >= 0.3 is 0 Å². The summed E-state index contributed by atoms with van der Waals surface area (Å²) in [6.07, 6.45) is 0. The molecule has 0 aliphatic carbocycles. The van der Waals surface area contributed by atoms with E-state index in [4.69, 9.17) is 11.6 Å². The Kier molecular flexibility index (Phi) is 5.42. The van der Waals surface area contributed by atoms with E-state index in [0.717, 1.165) is 11.1 Å². The lowest BCUT2D eigenvalue weighted by Gasteiger charge is -2.17. The SMILES string of the molecule is CCn1nc(-c2ccccc2)c(C(C)=O)c(Nc2c(C)cccc2Cl)c1=O. The molecular formula is C21H20ClN3O2. The fourth-order valence-corrected chi connectivity index (χ4v) is 3.23. The molecule has 0 aliphatic rings. The van der Waals surface area contributed by atoms with Crippen molar-refractivity contribution < 1.29 is 4.79 Å². The van der Waals surface area contributed by atoms with Crippen LogP contribution in [0.5, 0.6) is 0 Å². The summed E-state index contributed by atoms with van der Waals surface area (Å²) in [5.74, 6) is -0.242. The fourth-order valence-electron chi connectivity index (χ4n) is 2.96. The number of hydrogen-bond donors (Lipinski definition) is 1. The summed E-state index contributed by atoms with van der Waals surface area (Å²) in [6.45, 7) is 5.54. The highest BCUT2D eigenvalue weighted by atomic mass is 35.5. The van der Waals surface area contributed by atoms with Crippen molar-refractivity contribution in [2.45, 2.75) is 27.3 Å². The number of hydrogen-bond acceptors (Lipinski definition) is 4. The third-order valence-corrected chi connectivity index (χ3v) is 4.64. The number of nitrogens with one attached hydrogen (secondary N) is 1. The quantitative estimate of drug-likeness (QED) is 0.642. The Bertz CT molecular complexity index is 1040. The standard InChI is InChI=1S/C21H20ClN3O2/c1-4-25-21(27)20(23-18-13(2)9-8-12-16(18)22)17(14(3)26)19(24-25)15-10-6-5-7-11-15/h5-12,23H,4H2,1-3H3. The van der Waals surface area contributed by atoms with Crippen LogP contribution in [-0.4, -0.2) is 15.6 Å². The maximum Gasteiger partial charge on any atom is 0.291 e. The predicted octanol–water partition coefficient (Wildman–Crippen LogP) is 4.84. The summed E-state index contributed by atoms with van der Waals surface area (Å²) in [6, 6.07) is 14.8. The van der Waals surface area contributed by atoms with Crippen molar-refractivity contribution >= 4 is 28.8 Å². The topological polar surface area (TPSA) is 64.0 Å². The minimum Gasteiger partial charge on any atom is -0.349 e. The molecule has 0 aliphatic heterocycles. The summed E-state index contributed by atoms with van der Waals surface area (Å²) in [4.78, 5) is 25.5.